The molecular weight excluding hydrogens is 502 g/mol. The summed E-state index contributed by atoms with van der Waals surface area (Å²) in [6.07, 6.45) is 8.27. The van der Waals surface area contributed by atoms with E-state index in [1.807, 2.05) is 35.7 Å². The van der Waals surface area contributed by atoms with Crippen LogP contribution in [-0.4, -0.2) is 28.6 Å². The Kier molecular flexibility index (Phi) is 9.41. The van der Waals surface area contributed by atoms with Crippen molar-refractivity contribution in [2.75, 3.05) is 11.9 Å². The number of rotatable bonds is 12. The molecule has 0 saturated heterocycles. The minimum Gasteiger partial charge on any atom is -0.480 e. The van der Waals surface area contributed by atoms with Gasteiger partial charge >= 0.3 is 5.97 Å². The van der Waals surface area contributed by atoms with Crippen molar-refractivity contribution in [2.24, 2.45) is 0 Å². The van der Waals surface area contributed by atoms with Crippen LogP contribution in [0.15, 0.2) is 84.2 Å². The summed E-state index contributed by atoms with van der Waals surface area (Å²) in [5.74, 6) is -0.0917. The number of hydrogen-bond acceptors (Lipinski definition) is 5. The lowest BCUT2D eigenvalue weighted by molar-refractivity contribution is -0.139. The Morgan fingerprint density at radius 1 is 0.923 bits per heavy atom. The van der Waals surface area contributed by atoms with Crippen LogP contribution in [0.3, 0.4) is 0 Å². The molecule has 1 fully saturated rings. The summed E-state index contributed by atoms with van der Waals surface area (Å²) in [6, 6.07) is 26.7. The third kappa shape index (κ3) is 7.78. The first-order valence-electron chi connectivity index (χ1n) is 14.0. The van der Waals surface area contributed by atoms with Gasteiger partial charge in [-0.25, -0.2) is 4.98 Å². The number of thiazole rings is 1. The van der Waals surface area contributed by atoms with Gasteiger partial charge in [-0.15, -0.1) is 11.3 Å². The Morgan fingerprint density at radius 2 is 1.67 bits per heavy atom. The highest BCUT2D eigenvalue weighted by atomic mass is 32.1. The van der Waals surface area contributed by atoms with Gasteiger partial charge < -0.3 is 10.4 Å². The number of carbonyl (C=O) groups is 1. The van der Waals surface area contributed by atoms with Gasteiger partial charge in [0.2, 0.25) is 0 Å². The molecule has 3 N–H and O–H groups in total. The quantitative estimate of drug-likeness (QED) is 0.176. The third-order valence-corrected chi connectivity index (χ3v) is 8.46. The topological polar surface area (TPSA) is 74.2 Å². The monoisotopic (exact) mass is 539 g/mol. The lowest BCUT2D eigenvalue weighted by atomic mass is 9.84. The van der Waals surface area contributed by atoms with Gasteiger partial charge in [-0.05, 0) is 60.4 Å². The van der Waals surface area contributed by atoms with Gasteiger partial charge in [0.05, 0.1) is 5.69 Å². The molecule has 5 nitrogen and oxygen atoms in total. The van der Waals surface area contributed by atoms with E-state index >= 15 is 0 Å². The van der Waals surface area contributed by atoms with Gasteiger partial charge in [-0.1, -0.05) is 86.0 Å². The molecule has 6 heteroatoms. The average molecular weight is 540 g/mol. The Balaban J connectivity index is 1.08. The zero-order chi connectivity index (χ0) is 26.9. The standard InChI is InChI=1S/C33H37N3O2S/c37-33(38)30(21-25-7-3-1-4-8-25)35-22-32-36-31(23-39-32)28-15-17-29(18-16-28)34-20-19-24-11-13-27(14-12-24)26-9-5-2-6-10-26/h1,3-4,7-8,11-18,23,26,30,34-35H,2,5-6,9-10,19-22H2,(H,37,38). The maximum Gasteiger partial charge on any atom is 0.321 e. The Labute approximate surface area is 235 Å². The molecule has 0 bridgehead atoms. The highest BCUT2D eigenvalue weighted by Crippen LogP contribution is 2.32. The first kappa shape index (κ1) is 27.1. The summed E-state index contributed by atoms with van der Waals surface area (Å²) in [6.45, 7) is 1.32. The lowest BCUT2D eigenvalue weighted by Gasteiger charge is -2.22. The highest BCUT2D eigenvalue weighted by molar-refractivity contribution is 7.09. The molecule has 1 aliphatic rings. The number of nitrogens with one attached hydrogen (secondary N) is 2. The van der Waals surface area contributed by atoms with Crippen molar-refractivity contribution in [3.05, 3.63) is 106 Å². The number of nitrogens with zero attached hydrogens (tertiary/aromatic N) is 1. The fourth-order valence-corrected chi connectivity index (χ4v) is 6.09. The van der Waals surface area contributed by atoms with E-state index in [0.717, 1.165) is 46.4 Å². The molecule has 202 valence electrons. The molecule has 0 aliphatic heterocycles. The van der Waals surface area contributed by atoms with E-state index in [0.29, 0.717) is 13.0 Å². The van der Waals surface area contributed by atoms with Gasteiger partial charge in [0, 0.05) is 29.7 Å². The Morgan fingerprint density at radius 3 is 2.38 bits per heavy atom. The van der Waals surface area contributed by atoms with Crippen LogP contribution < -0.4 is 10.6 Å². The SMILES string of the molecule is O=C(O)C(Cc1ccccc1)NCc1nc(-c2ccc(NCCc3ccc(C4CCCCC4)cc3)cc2)cs1. The molecule has 1 unspecified atom stereocenters. The van der Waals surface area contributed by atoms with Crippen molar-refractivity contribution < 1.29 is 9.90 Å². The number of aliphatic carboxylic acids is 1. The van der Waals surface area contributed by atoms with Crippen molar-refractivity contribution in [3.8, 4) is 11.3 Å². The van der Waals surface area contributed by atoms with Gasteiger partial charge in [0.25, 0.3) is 0 Å². The second-order valence-corrected chi connectivity index (χ2v) is 11.4. The van der Waals surface area contributed by atoms with Crippen molar-refractivity contribution in [1.82, 2.24) is 10.3 Å². The molecule has 1 saturated carbocycles. The molecular formula is C33H37N3O2S. The number of aromatic nitrogens is 1. The fraction of sp³-hybridized carbons (Fsp3) is 0.333. The molecule has 4 aromatic rings. The van der Waals surface area contributed by atoms with Crippen LogP contribution in [0.4, 0.5) is 5.69 Å². The zero-order valence-electron chi connectivity index (χ0n) is 22.3. The molecule has 1 atom stereocenters. The highest BCUT2D eigenvalue weighted by Gasteiger charge is 2.18. The number of hydrogen-bond donors (Lipinski definition) is 3. The normalized spacial score (nSPS) is 14.7. The maximum absolute atomic E-state index is 11.7. The summed E-state index contributed by atoms with van der Waals surface area (Å²) in [7, 11) is 0. The molecule has 0 radical (unpaired) electrons. The molecule has 5 rings (SSSR count). The van der Waals surface area contributed by atoms with Crippen LogP contribution >= 0.6 is 11.3 Å². The molecule has 1 aromatic heterocycles. The minimum absolute atomic E-state index is 0.426. The van der Waals surface area contributed by atoms with Crippen LogP contribution in [0, 0.1) is 0 Å². The molecule has 1 heterocycles. The van der Waals surface area contributed by atoms with E-state index < -0.39 is 12.0 Å². The number of carboxylic acids is 1. The first-order chi connectivity index (χ1) is 19.1. The van der Waals surface area contributed by atoms with Gasteiger partial charge in [-0.3, -0.25) is 10.1 Å². The Hall–Kier alpha value is -3.48. The Bertz CT molecular complexity index is 1310. The smallest absolute Gasteiger partial charge is 0.321 e. The van der Waals surface area contributed by atoms with Gasteiger partial charge in [0.1, 0.15) is 11.0 Å². The van der Waals surface area contributed by atoms with Crippen molar-refractivity contribution in [2.45, 2.75) is 63.5 Å². The van der Waals surface area contributed by atoms with E-state index in [1.54, 1.807) is 11.3 Å². The number of carboxylic acid groups (broad SMARTS) is 1. The van der Waals surface area contributed by atoms with Crippen molar-refractivity contribution >= 4 is 23.0 Å². The van der Waals surface area contributed by atoms with E-state index in [1.165, 1.54) is 43.2 Å². The second-order valence-electron chi connectivity index (χ2n) is 10.4. The van der Waals surface area contributed by atoms with Crippen LogP contribution in [0.2, 0.25) is 0 Å². The molecule has 1 aliphatic carbocycles. The summed E-state index contributed by atoms with van der Waals surface area (Å²) >= 11 is 1.55. The molecule has 0 amide bonds. The predicted octanol–water partition coefficient (Wildman–Crippen LogP) is 7.30. The van der Waals surface area contributed by atoms with E-state index in [4.69, 9.17) is 4.98 Å². The summed E-state index contributed by atoms with van der Waals surface area (Å²) in [5.41, 5.74) is 6.95. The van der Waals surface area contributed by atoms with Crippen LogP contribution in [0.1, 0.15) is 59.7 Å². The second kappa shape index (κ2) is 13.5. The summed E-state index contributed by atoms with van der Waals surface area (Å²) in [5, 5.41) is 19.2. The third-order valence-electron chi connectivity index (χ3n) is 7.61. The first-order valence-corrected chi connectivity index (χ1v) is 14.9. The predicted molar refractivity (Wildman–Crippen MR) is 160 cm³/mol. The van der Waals surface area contributed by atoms with E-state index in [2.05, 4.69) is 59.2 Å². The van der Waals surface area contributed by atoms with Crippen LogP contribution in [0.25, 0.3) is 11.3 Å². The number of anilines is 1. The van der Waals surface area contributed by atoms with E-state index in [-0.39, 0.29) is 0 Å². The molecule has 3 aromatic carbocycles. The van der Waals surface area contributed by atoms with Crippen LogP contribution in [-0.2, 0) is 24.2 Å². The molecule has 39 heavy (non-hydrogen) atoms. The van der Waals surface area contributed by atoms with Gasteiger partial charge in [-0.2, -0.15) is 0 Å². The van der Waals surface area contributed by atoms with Gasteiger partial charge in [0.15, 0.2) is 0 Å². The van der Waals surface area contributed by atoms with E-state index in [9.17, 15) is 9.90 Å². The lowest BCUT2D eigenvalue weighted by Crippen LogP contribution is -2.38. The van der Waals surface area contributed by atoms with Crippen molar-refractivity contribution in [3.63, 3.8) is 0 Å². The largest absolute Gasteiger partial charge is 0.480 e. The van der Waals surface area contributed by atoms with Crippen molar-refractivity contribution in [1.29, 1.82) is 0 Å². The number of benzene rings is 3. The maximum atomic E-state index is 11.7. The van der Waals surface area contributed by atoms with Crippen LogP contribution in [0.5, 0.6) is 0 Å². The minimum atomic E-state index is -0.852. The molecule has 0 spiro atoms. The fourth-order valence-electron chi connectivity index (χ4n) is 5.33. The zero-order valence-corrected chi connectivity index (χ0v) is 23.1. The summed E-state index contributed by atoms with van der Waals surface area (Å²) in [4.78, 5) is 16.5. The average Bonchev–Trinajstić information content (AvgIpc) is 3.46. The summed E-state index contributed by atoms with van der Waals surface area (Å²) < 4.78 is 0.